The molecule has 1 heterocycles. The summed E-state index contributed by atoms with van der Waals surface area (Å²) in [6.07, 6.45) is 0.758. The predicted octanol–water partition coefficient (Wildman–Crippen LogP) is 0.671. The smallest absolute Gasteiger partial charge is 0.0914 e. The van der Waals surface area contributed by atoms with Crippen molar-refractivity contribution in [2.75, 3.05) is 19.6 Å². The summed E-state index contributed by atoms with van der Waals surface area (Å²) >= 11 is 0. The number of hydrogen-bond acceptors (Lipinski definition) is 3. The van der Waals surface area contributed by atoms with Gasteiger partial charge in [0, 0.05) is 19.1 Å². The predicted molar refractivity (Wildman–Crippen MR) is 60.7 cm³/mol. The molecule has 3 N–H and O–H groups in total. The van der Waals surface area contributed by atoms with Crippen LogP contribution in [0, 0.1) is 0 Å². The summed E-state index contributed by atoms with van der Waals surface area (Å²) < 4.78 is 0. The molecule has 82 valence electrons. The third-order valence-electron chi connectivity index (χ3n) is 2.84. The van der Waals surface area contributed by atoms with Crippen LogP contribution in [0.25, 0.3) is 0 Å². The lowest BCUT2D eigenvalue weighted by atomic mass is 10.1. The Hall–Kier alpha value is -0.900. The summed E-state index contributed by atoms with van der Waals surface area (Å²) in [7, 11) is 0. The molecule has 1 aliphatic rings. The maximum atomic E-state index is 9.90. The van der Waals surface area contributed by atoms with Gasteiger partial charge in [0.15, 0.2) is 0 Å². The maximum Gasteiger partial charge on any atom is 0.0914 e. The lowest BCUT2D eigenvalue weighted by Gasteiger charge is -2.15. The molecular weight excluding hydrogens is 188 g/mol. The van der Waals surface area contributed by atoms with Gasteiger partial charge in [-0.05, 0) is 18.5 Å². The van der Waals surface area contributed by atoms with Crippen molar-refractivity contribution in [3.8, 4) is 0 Å². The highest BCUT2D eigenvalue weighted by molar-refractivity contribution is 5.17. The molecule has 3 heteroatoms. The van der Waals surface area contributed by atoms with E-state index in [-0.39, 0.29) is 0 Å². The zero-order valence-electron chi connectivity index (χ0n) is 8.82. The zero-order valence-corrected chi connectivity index (χ0v) is 8.82. The molecule has 1 aliphatic heterocycles. The van der Waals surface area contributed by atoms with E-state index in [1.54, 1.807) is 0 Å². The molecule has 0 spiro atoms. The van der Waals surface area contributed by atoms with Gasteiger partial charge >= 0.3 is 0 Å². The second-order valence-electron chi connectivity index (χ2n) is 4.02. The Kier molecular flexibility index (Phi) is 3.72. The van der Waals surface area contributed by atoms with Gasteiger partial charge in [0.2, 0.25) is 0 Å². The van der Waals surface area contributed by atoms with E-state index in [1.165, 1.54) is 0 Å². The first-order valence-corrected chi connectivity index (χ1v) is 5.53. The molecule has 0 aromatic heterocycles. The molecule has 0 aliphatic carbocycles. The van der Waals surface area contributed by atoms with Crippen molar-refractivity contribution in [2.45, 2.75) is 18.6 Å². The first kappa shape index (κ1) is 10.6. The number of nitrogens with one attached hydrogen (secondary N) is 2. The fourth-order valence-corrected chi connectivity index (χ4v) is 1.90. The van der Waals surface area contributed by atoms with Gasteiger partial charge < -0.3 is 15.7 Å². The molecule has 3 nitrogen and oxygen atoms in total. The minimum Gasteiger partial charge on any atom is -0.387 e. The number of rotatable bonds is 4. The summed E-state index contributed by atoms with van der Waals surface area (Å²) in [6, 6.07) is 10.3. The Labute approximate surface area is 90.5 Å². The summed E-state index contributed by atoms with van der Waals surface area (Å²) in [5, 5.41) is 16.6. The molecule has 1 aromatic rings. The SMILES string of the molecule is OC(CNC1CCNC1)c1ccccc1. The topological polar surface area (TPSA) is 44.3 Å². The van der Waals surface area contributed by atoms with Crippen LogP contribution in [0.15, 0.2) is 30.3 Å². The Bertz CT molecular complexity index is 283. The molecule has 2 atom stereocenters. The molecule has 1 saturated heterocycles. The molecule has 2 rings (SSSR count). The molecule has 1 aromatic carbocycles. The lowest BCUT2D eigenvalue weighted by molar-refractivity contribution is 0.170. The van der Waals surface area contributed by atoms with Crippen molar-refractivity contribution < 1.29 is 5.11 Å². The first-order valence-electron chi connectivity index (χ1n) is 5.53. The van der Waals surface area contributed by atoms with E-state index in [9.17, 15) is 5.11 Å². The standard InChI is InChI=1S/C12H18N2O/c15-12(10-4-2-1-3-5-10)9-14-11-6-7-13-8-11/h1-5,11-15H,6-9H2. The first-order chi connectivity index (χ1) is 7.36. The molecule has 2 unspecified atom stereocenters. The normalized spacial score (nSPS) is 22.9. The van der Waals surface area contributed by atoms with Crippen molar-refractivity contribution in [1.82, 2.24) is 10.6 Å². The van der Waals surface area contributed by atoms with Gasteiger partial charge in [-0.1, -0.05) is 30.3 Å². The fraction of sp³-hybridized carbons (Fsp3) is 0.500. The monoisotopic (exact) mass is 206 g/mol. The van der Waals surface area contributed by atoms with Crippen LogP contribution >= 0.6 is 0 Å². The number of hydrogen-bond donors (Lipinski definition) is 3. The Morgan fingerprint density at radius 1 is 1.40 bits per heavy atom. The van der Waals surface area contributed by atoms with Gasteiger partial charge in [0.05, 0.1) is 6.10 Å². The Morgan fingerprint density at radius 3 is 2.87 bits per heavy atom. The van der Waals surface area contributed by atoms with Crippen molar-refractivity contribution >= 4 is 0 Å². The second kappa shape index (κ2) is 5.26. The zero-order chi connectivity index (χ0) is 10.5. The number of benzene rings is 1. The van der Waals surface area contributed by atoms with Crippen LogP contribution in [0.1, 0.15) is 18.1 Å². The van der Waals surface area contributed by atoms with E-state index in [4.69, 9.17) is 0 Å². The summed E-state index contributed by atoms with van der Waals surface area (Å²) in [6.45, 7) is 2.73. The van der Waals surface area contributed by atoms with Gasteiger partial charge in [-0.25, -0.2) is 0 Å². The van der Waals surface area contributed by atoms with E-state index in [0.29, 0.717) is 12.6 Å². The summed E-state index contributed by atoms with van der Waals surface area (Å²) in [4.78, 5) is 0. The highest BCUT2D eigenvalue weighted by atomic mass is 16.3. The Morgan fingerprint density at radius 2 is 2.20 bits per heavy atom. The van der Waals surface area contributed by atoms with Crippen LogP contribution in [0.3, 0.4) is 0 Å². The molecule has 0 bridgehead atoms. The lowest BCUT2D eigenvalue weighted by Crippen LogP contribution is -2.34. The molecule has 15 heavy (non-hydrogen) atoms. The molecule has 0 amide bonds. The fourth-order valence-electron chi connectivity index (χ4n) is 1.90. The summed E-state index contributed by atoms with van der Waals surface area (Å²) in [5.74, 6) is 0. The van der Waals surface area contributed by atoms with Gasteiger partial charge in [-0.3, -0.25) is 0 Å². The van der Waals surface area contributed by atoms with E-state index in [1.807, 2.05) is 30.3 Å². The molecule has 0 radical (unpaired) electrons. The van der Waals surface area contributed by atoms with Crippen molar-refractivity contribution in [3.63, 3.8) is 0 Å². The van der Waals surface area contributed by atoms with Gasteiger partial charge in [-0.2, -0.15) is 0 Å². The van der Waals surface area contributed by atoms with Crippen molar-refractivity contribution in [3.05, 3.63) is 35.9 Å². The van der Waals surface area contributed by atoms with Crippen LogP contribution < -0.4 is 10.6 Å². The second-order valence-corrected chi connectivity index (χ2v) is 4.02. The van der Waals surface area contributed by atoms with Crippen LogP contribution in [0.2, 0.25) is 0 Å². The van der Waals surface area contributed by atoms with E-state index in [2.05, 4.69) is 10.6 Å². The van der Waals surface area contributed by atoms with Crippen LogP contribution in [0.5, 0.6) is 0 Å². The van der Waals surface area contributed by atoms with Gasteiger partial charge in [0.25, 0.3) is 0 Å². The molecule has 0 saturated carbocycles. The van der Waals surface area contributed by atoms with Gasteiger partial charge in [-0.15, -0.1) is 0 Å². The van der Waals surface area contributed by atoms with Crippen LogP contribution in [-0.4, -0.2) is 30.8 Å². The third-order valence-corrected chi connectivity index (χ3v) is 2.84. The van der Waals surface area contributed by atoms with Crippen LogP contribution in [-0.2, 0) is 0 Å². The van der Waals surface area contributed by atoms with Crippen LogP contribution in [0.4, 0.5) is 0 Å². The largest absolute Gasteiger partial charge is 0.387 e. The third kappa shape index (κ3) is 3.02. The quantitative estimate of drug-likeness (QED) is 0.678. The van der Waals surface area contributed by atoms with Crippen molar-refractivity contribution in [2.24, 2.45) is 0 Å². The number of aliphatic hydroxyl groups excluding tert-OH is 1. The Balaban J connectivity index is 1.79. The number of aliphatic hydroxyl groups is 1. The van der Waals surface area contributed by atoms with E-state index in [0.717, 1.165) is 25.1 Å². The van der Waals surface area contributed by atoms with Crippen molar-refractivity contribution in [1.29, 1.82) is 0 Å². The minimum atomic E-state index is -0.396. The average Bonchev–Trinajstić information content (AvgIpc) is 2.80. The van der Waals surface area contributed by atoms with E-state index < -0.39 is 6.10 Å². The summed E-state index contributed by atoms with van der Waals surface area (Å²) in [5.41, 5.74) is 0.982. The molecular formula is C12H18N2O. The highest BCUT2D eigenvalue weighted by Crippen LogP contribution is 2.11. The maximum absolute atomic E-state index is 9.90. The minimum absolute atomic E-state index is 0.396. The van der Waals surface area contributed by atoms with Gasteiger partial charge in [0.1, 0.15) is 0 Å². The average molecular weight is 206 g/mol. The highest BCUT2D eigenvalue weighted by Gasteiger charge is 2.15. The van der Waals surface area contributed by atoms with E-state index >= 15 is 0 Å². The molecule has 1 fully saturated rings.